The molecule has 0 bridgehead atoms. The number of rotatable bonds is 5. The van der Waals surface area contributed by atoms with Gasteiger partial charge >= 0.3 is 5.97 Å². The summed E-state index contributed by atoms with van der Waals surface area (Å²) in [6.45, 7) is 2.03. The Bertz CT molecular complexity index is 287. The zero-order valence-corrected chi connectivity index (χ0v) is 8.18. The van der Waals surface area contributed by atoms with Crippen LogP contribution in [0.15, 0.2) is 18.5 Å². The molecule has 0 spiro atoms. The first-order valence-corrected chi connectivity index (χ1v) is 4.75. The van der Waals surface area contributed by atoms with Crippen molar-refractivity contribution in [3.05, 3.63) is 24.3 Å². The van der Waals surface area contributed by atoms with E-state index in [0.29, 0.717) is 12.2 Å². The van der Waals surface area contributed by atoms with Crippen molar-refractivity contribution in [2.75, 3.05) is 0 Å². The SMILES string of the molecule is CCCCC(C(=O)O)c1ncccn1. The Morgan fingerprint density at radius 2 is 2.14 bits per heavy atom. The van der Waals surface area contributed by atoms with Crippen LogP contribution < -0.4 is 0 Å². The predicted octanol–water partition coefficient (Wildman–Crippen LogP) is 1.83. The number of nitrogens with zero attached hydrogens (tertiary/aromatic N) is 2. The van der Waals surface area contributed by atoms with Crippen molar-refractivity contribution in [3.63, 3.8) is 0 Å². The van der Waals surface area contributed by atoms with E-state index in [1.165, 1.54) is 0 Å². The molecule has 1 aromatic rings. The van der Waals surface area contributed by atoms with Gasteiger partial charge in [0.25, 0.3) is 0 Å². The Morgan fingerprint density at radius 3 is 2.64 bits per heavy atom. The largest absolute Gasteiger partial charge is 0.481 e. The second-order valence-corrected chi connectivity index (χ2v) is 3.14. The fourth-order valence-corrected chi connectivity index (χ4v) is 1.26. The quantitative estimate of drug-likeness (QED) is 0.776. The molecule has 4 heteroatoms. The van der Waals surface area contributed by atoms with E-state index in [1.807, 2.05) is 6.92 Å². The third-order valence-corrected chi connectivity index (χ3v) is 2.04. The van der Waals surface area contributed by atoms with Gasteiger partial charge in [-0.25, -0.2) is 9.97 Å². The molecular weight excluding hydrogens is 180 g/mol. The van der Waals surface area contributed by atoms with Gasteiger partial charge in [-0.1, -0.05) is 19.8 Å². The molecule has 0 radical (unpaired) electrons. The van der Waals surface area contributed by atoms with Crippen molar-refractivity contribution in [1.82, 2.24) is 9.97 Å². The molecule has 0 fully saturated rings. The minimum Gasteiger partial charge on any atom is -0.481 e. The molecule has 0 aliphatic heterocycles. The Labute approximate surface area is 83.0 Å². The lowest BCUT2D eigenvalue weighted by molar-refractivity contribution is -0.139. The molecule has 0 saturated heterocycles. The smallest absolute Gasteiger partial charge is 0.314 e. The van der Waals surface area contributed by atoms with Gasteiger partial charge in [0.1, 0.15) is 11.7 Å². The molecule has 4 nitrogen and oxygen atoms in total. The molecule has 1 rings (SSSR count). The van der Waals surface area contributed by atoms with Gasteiger partial charge in [0, 0.05) is 12.4 Å². The number of unbranched alkanes of at least 4 members (excludes halogenated alkanes) is 1. The topological polar surface area (TPSA) is 63.1 Å². The zero-order valence-electron chi connectivity index (χ0n) is 8.18. The second kappa shape index (κ2) is 5.32. The van der Waals surface area contributed by atoms with E-state index in [2.05, 4.69) is 9.97 Å². The molecule has 0 aromatic carbocycles. The van der Waals surface area contributed by atoms with Crippen LogP contribution in [0.4, 0.5) is 0 Å². The maximum atomic E-state index is 10.9. The van der Waals surface area contributed by atoms with Crippen LogP contribution in [-0.2, 0) is 4.79 Å². The number of hydrogen-bond acceptors (Lipinski definition) is 3. The van der Waals surface area contributed by atoms with E-state index in [9.17, 15) is 4.79 Å². The number of hydrogen-bond donors (Lipinski definition) is 1. The van der Waals surface area contributed by atoms with Crippen molar-refractivity contribution in [2.24, 2.45) is 0 Å². The third kappa shape index (κ3) is 2.80. The van der Waals surface area contributed by atoms with Gasteiger partial charge in [0.15, 0.2) is 0 Å². The maximum absolute atomic E-state index is 10.9. The number of carboxylic acid groups (broad SMARTS) is 1. The predicted molar refractivity (Wildman–Crippen MR) is 51.9 cm³/mol. The number of carbonyl (C=O) groups is 1. The molecule has 0 aliphatic rings. The molecule has 1 heterocycles. The minimum absolute atomic E-state index is 0.411. The summed E-state index contributed by atoms with van der Waals surface area (Å²) in [7, 11) is 0. The van der Waals surface area contributed by atoms with Crippen LogP contribution >= 0.6 is 0 Å². The zero-order chi connectivity index (χ0) is 10.4. The standard InChI is InChI=1S/C10H14N2O2/c1-2-3-5-8(10(13)14)9-11-6-4-7-12-9/h4,6-8H,2-3,5H2,1H3,(H,13,14). The lowest BCUT2D eigenvalue weighted by Gasteiger charge is -2.09. The summed E-state index contributed by atoms with van der Waals surface area (Å²) < 4.78 is 0. The fourth-order valence-electron chi connectivity index (χ4n) is 1.26. The van der Waals surface area contributed by atoms with E-state index >= 15 is 0 Å². The van der Waals surface area contributed by atoms with Gasteiger partial charge in [-0.2, -0.15) is 0 Å². The van der Waals surface area contributed by atoms with Crippen molar-refractivity contribution >= 4 is 5.97 Å². The van der Waals surface area contributed by atoms with Crippen LogP contribution in [0.25, 0.3) is 0 Å². The highest BCUT2D eigenvalue weighted by Gasteiger charge is 2.21. The minimum atomic E-state index is -0.843. The van der Waals surface area contributed by atoms with Crippen molar-refractivity contribution in [2.45, 2.75) is 32.1 Å². The molecular formula is C10H14N2O2. The van der Waals surface area contributed by atoms with E-state index in [-0.39, 0.29) is 0 Å². The highest BCUT2D eigenvalue weighted by molar-refractivity contribution is 5.74. The Hall–Kier alpha value is -1.45. The molecule has 1 aromatic heterocycles. The van der Waals surface area contributed by atoms with Gasteiger partial charge < -0.3 is 5.11 Å². The molecule has 0 aliphatic carbocycles. The summed E-state index contributed by atoms with van der Waals surface area (Å²) >= 11 is 0. The monoisotopic (exact) mass is 194 g/mol. The van der Waals surface area contributed by atoms with Gasteiger partial charge in [0.2, 0.25) is 0 Å². The lowest BCUT2D eigenvalue weighted by atomic mass is 10.0. The van der Waals surface area contributed by atoms with E-state index in [0.717, 1.165) is 12.8 Å². The van der Waals surface area contributed by atoms with Gasteiger partial charge in [-0.05, 0) is 12.5 Å². The highest BCUT2D eigenvalue weighted by atomic mass is 16.4. The van der Waals surface area contributed by atoms with Crippen molar-refractivity contribution < 1.29 is 9.90 Å². The van der Waals surface area contributed by atoms with Crippen LogP contribution in [0, 0.1) is 0 Å². The first-order chi connectivity index (χ1) is 6.75. The number of aromatic nitrogens is 2. The second-order valence-electron chi connectivity index (χ2n) is 3.14. The summed E-state index contributed by atoms with van der Waals surface area (Å²) in [6.07, 6.45) is 5.62. The summed E-state index contributed by atoms with van der Waals surface area (Å²) in [6, 6.07) is 1.68. The van der Waals surface area contributed by atoms with Gasteiger partial charge in [0.05, 0.1) is 0 Å². The molecule has 14 heavy (non-hydrogen) atoms. The number of carboxylic acids is 1. The van der Waals surface area contributed by atoms with Crippen LogP contribution in [0.3, 0.4) is 0 Å². The summed E-state index contributed by atoms with van der Waals surface area (Å²) in [5.74, 6) is -0.991. The Balaban J connectivity index is 2.73. The number of aliphatic carboxylic acids is 1. The first kappa shape index (κ1) is 10.6. The Morgan fingerprint density at radius 1 is 1.50 bits per heavy atom. The normalized spacial score (nSPS) is 12.4. The van der Waals surface area contributed by atoms with Gasteiger partial charge in [-0.15, -0.1) is 0 Å². The van der Waals surface area contributed by atoms with Crippen molar-refractivity contribution in [3.8, 4) is 0 Å². The molecule has 1 atom stereocenters. The first-order valence-electron chi connectivity index (χ1n) is 4.75. The van der Waals surface area contributed by atoms with Crippen LogP contribution in [-0.4, -0.2) is 21.0 Å². The highest BCUT2D eigenvalue weighted by Crippen LogP contribution is 2.18. The van der Waals surface area contributed by atoms with E-state index < -0.39 is 11.9 Å². The van der Waals surface area contributed by atoms with Gasteiger partial charge in [-0.3, -0.25) is 4.79 Å². The molecule has 76 valence electrons. The molecule has 1 N–H and O–H groups in total. The van der Waals surface area contributed by atoms with Crippen LogP contribution in [0.2, 0.25) is 0 Å². The summed E-state index contributed by atoms with van der Waals surface area (Å²) in [4.78, 5) is 18.8. The fraction of sp³-hybridized carbons (Fsp3) is 0.500. The van der Waals surface area contributed by atoms with Crippen molar-refractivity contribution in [1.29, 1.82) is 0 Å². The van der Waals surface area contributed by atoms with E-state index in [4.69, 9.17) is 5.11 Å². The molecule has 0 saturated carbocycles. The average molecular weight is 194 g/mol. The summed E-state index contributed by atoms with van der Waals surface area (Å²) in [5.41, 5.74) is 0. The lowest BCUT2D eigenvalue weighted by Crippen LogP contribution is -2.14. The Kier molecular flexibility index (Phi) is 4.04. The van der Waals surface area contributed by atoms with E-state index in [1.54, 1.807) is 18.5 Å². The maximum Gasteiger partial charge on any atom is 0.314 e. The average Bonchev–Trinajstić information content (AvgIpc) is 2.19. The molecule has 0 amide bonds. The van der Waals surface area contributed by atoms with Crippen LogP contribution in [0.5, 0.6) is 0 Å². The van der Waals surface area contributed by atoms with Crippen LogP contribution in [0.1, 0.15) is 37.9 Å². The summed E-state index contributed by atoms with van der Waals surface area (Å²) in [5, 5.41) is 8.97. The molecule has 1 unspecified atom stereocenters. The third-order valence-electron chi connectivity index (χ3n) is 2.04.